The molecular weight excluding hydrogens is 302 g/mol. The number of nitrogens with zero attached hydrogens (tertiary/aromatic N) is 3. The van der Waals surface area contributed by atoms with Gasteiger partial charge >= 0.3 is 0 Å². The summed E-state index contributed by atoms with van der Waals surface area (Å²) in [5.74, 6) is 0.980. The van der Waals surface area contributed by atoms with Crippen molar-refractivity contribution in [2.45, 2.75) is 45.7 Å². The molecule has 0 unspecified atom stereocenters. The second-order valence-corrected chi connectivity index (χ2v) is 6.52. The SMILES string of the molecule is COc1cccc(CC(=O)N2CCC[C@@H]2Cn2nc(C)cc2C)c1. The predicted molar refractivity (Wildman–Crippen MR) is 93.1 cm³/mol. The van der Waals surface area contributed by atoms with Gasteiger partial charge in [-0.3, -0.25) is 9.48 Å². The number of carbonyl (C=O) groups excluding carboxylic acids is 1. The normalized spacial score (nSPS) is 17.3. The van der Waals surface area contributed by atoms with Crippen LogP contribution in [0.4, 0.5) is 0 Å². The van der Waals surface area contributed by atoms with Crippen molar-refractivity contribution in [1.29, 1.82) is 0 Å². The number of aryl methyl sites for hydroxylation is 2. The zero-order valence-corrected chi connectivity index (χ0v) is 14.7. The highest BCUT2D eigenvalue weighted by Crippen LogP contribution is 2.22. The van der Waals surface area contributed by atoms with E-state index in [0.29, 0.717) is 6.42 Å². The maximum absolute atomic E-state index is 12.8. The smallest absolute Gasteiger partial charge is 0.227 e. The Hall–Kier alpha value is -2.30. The number of hydrogen-bond donors (Lipinski definition) is 0. The minimum absolute atomic E-state index is 0.187. The molecule has 0 N–H and O–H groups in total. The van der Waals surface area contributed by atoms with Crippen molar-refractivity contribution >= 4 is 5.91 Å². The van der Waals surface area contributed by atoms with Gasteiger partial charge in [-0.15, -0.1) is 0 Å². The second kappa shape index (κ2) is 7.07. The lowest BCUT2D eigenvalue weighted by molar-refractivity contribution is -0.131. The van der Waals surface area contributed by atoms with Crippen molar-refractivity contribution < 1.29 is 9.53 Å². The molecule has 1 aromatic carbocycles. The number of methoxy groups -OCH3 is 1. The van der Waals surface area contributed by atoms with Gasteiger partial charge in [0, 0.05) is 12.2 Å². The van der Waals surface area contributed by atoms with E-state index in [0.717, 1.165) is 48.6 Å². The average Bonchev–Trinajstić information content (AvgIpc) is 3.14. The molecule has 0 spiro atoms. The summed E-state index contributed by atoms with van der Waals surface area (Å²) in [7, 11) is 1.64. The van der Waals surface area contributed by atoms with E-state index in [1.807, 2.05) is 40.8 Å². The third-order valence-electron chi connectivity index (χ3n) is 4.67. The fourth-order valence-corrected chi connectivity index (χ4v) is 3.47. The predicted octanol–water partition coefficient (Wildman–Crippen LogP) is 2.74. The number of ether oxygens (including phenoxy) is 1. The molecule has 1 atom stereocenters. The summed E-state index contributed by atoms with van der Waals surface area (Å²) in [6.07, 6.45) is 2.53. The summed E-state index contributed by atoms with van der Waals surface area (Å²) in [6, 6.07) is 10.1. The van der Waals surface area contributed by atoms with Gasteiger partial charge in [0.2, 0.25) is 5.91 Å². The minimum Gasteiger partial charge on any atom is -0.497 e. The van der Waals surface area contributed by atoms with E-state index >= 15 is 0 Å². The lowest BCUT2D eigenvalue weighted by Crippen LogP contribution is -2.39. The van der Waals surface area contributed by atoms with Crippen molar-refractivity contribution in [2.75, 3.05) is 13.7 Å². The number of aromatic nitrogens is 2. The maximum atomic E-state index is 12.8. The Morgan fingerprint density at radius 3 is 2.88 bits per heavy atom. The molecule has 0 aliphatic carbocycles. The fraction of sp³-hybridized carbons (Fsp3) is 0.474. The van der Waals surface area contributed by atoms with Gasteiger partial charge in [0.1, 0.15) is 5.75 Å². The first-order chi connectivity index (χ1) is 11.6. The molecular formula is C19H25N3O2. The molecule has 1 fully saturated rings. The topological polar surface area (TPSA) is 47.4 Å². The lowest BCUT2D eigenvalue weighted by Gasteiger charge is -2.25. The lowest BCUT2D eigenvalue weighted by atomic mass is 10.1. The minimum atomic E-state index is 0.187. The van der Waals surface area contributed by atoms with Crippen LogP contribution < -0.4 is 4.74 Å². The molecule has 128 valence electrons. The summed E-state index contributed by atoms with van der Waals surface area (Å²) >= 11 is 0. The van der Waals surface area contributed by atoms with E-state index in [1.165, 1.54) is 0 Å². The number of likely N-dealkylation sites (tertiary alicyclic amines) is 1. The van der Waals surface area contributed by atoms with Crippen LogP contribution in [0.1, 0.15) is 29.8 Å². The van der Waals surface area contributed by atoms with Crippen molar-refractivity contribution in [3.05, 3.63) is 47.3 Å². The second-order valence-electron chi connectivity index (χ2n) is 6.52. The van der Waals surface area contributed by atoms with Crippen LogP contribution >= 0.6 is 0 Å². The Labute approximate surface area is 143 Å². The molecule has 0 saturated carbocycles. The van der Waals surface area contributed by atoms with Gasteiger partial charge in [0.05, 0.1) is 31.8 Å². The van der Waals surface area contributed by atoms with Gasteiger partial charge in [0.15, 0.2) is 0 Å². The van der Waals surface area contributed by atoms with Crippen LogP contribution in [0.3, 0.4) is 0 Å². The molecule has 0 bridgehead atoms. The number of benzene rings is 1. The number of rotatable bonds is 5. The summed E-state index contributed by atoms with van der Waals surface area (Å²) in [5, 5.41) is 4.54. The molecule has 5 heteroatoms. The summed E-state index contributed by atoms with van der Waals surface area (Å²) < 4.78 is 7.27. The Balaban J connectivity index is 1.68. The Morgan fingerprint density at radius 1 is 1.33 bits per heavy atom. The van der Waals surface area contributed by atoms with Crippen molar-refractivity contribution in [1.82, 2.24) is 14.7 Å². The van der Waals surface area contributed by atoms with Crippen LogP contribution in [-0.4, -0.2) is 40.3 Å². The Kier molecular flexibility index (Phi) is 4.88. The molecule has 1 saturated heterocycles. The first kappa shape index (κ1) is 16.6. The highest BCUT2D eigenvalue weighted by atomic mass is 16.5. The van der Waals surface area contributed by atoms with Gasteiger partial charge in [-0.05, 0) is 50.5 Å². The molecule has 24 heavy (non-hydrogen) atoms. The first-order valence-electron chi connectivity index (χ1n) is 8.50. The van der Waals surface area contributed by atoms with E-state index in [2.05, 4.69) is 18.1 Å². The largest absolute Gasteiger partial charge is 0.497 e. The van der Waals surface area contributed by atoms with Gasteiger partial charge in [-0.1, -0.05) is 12.1 Å². The monoisotopic (exact) mass is 327 g/mol. The summed E-state index contributed by atoms with van der Waals surface area (Å²) in [5.41, 5.74) is 3.18. The van der Waals surface area contributed by atoms with Crippen LogP contribution in [0, 0.1) is 13.8 Å². The van der Waals surface area contributed by atoms with Crippen LogP contribution in [0.15, 0.2) is 30.3 Å². The van der Waals surface area contributed by atoms with Gasteiger partial charge < -0.3 is 9.64 Å². The number of hydrogen-bond acceptors (Lipinski definition) is 3. The molecule has 1 aromatic heterocycles. The Bertz CT molecular complexity index is 723. The average molecular weight is 327 g/mol. The van der Waals surface area contributed by atoms with Crippen molar-refractivity contribution in [2.24, 2.45) is 0 Å². The first-order valence-corrected chi connectivity index (χ1v) is 8.50. The third kappa shape index (κ3) is 3.61. The zero-order chi connectivity index (χ0) is 17.1. The molecule has 3 rings (SSSR count). The molecule has 5 nitrogen and oxygen atoms in total. The van der Waals surface area contributed by atoms with E-state index in [-0.39, 0.29) is 11.9 Å². The maximum Gasteiger partial charge on any atom is 0.227 e. The molecule has 2 aromatic rings. The van der Waals surface area contributed by atoms with Gasteiger partial charge in [-0.2, -0.15) is 5.10 Å². The highest BCUT2D eigenvalue weighted by Gasteiger charge is 2.29. The third-order valence-corrected chi connectivity index (χ3v) is 4.67. The van der Waals surface area contributed by atoms with Gasteiger partial charge in [0.25, 0.3) is 0 Å². The summed E-state index contributed by atoms with van der Waals surface area (Å²) in [6.45, 7) is 5.69. The zero-order valence-electron chi connectivity index (χ0n) is 14.7. The van der Waals surface area contributed by atoms with Crippen LogP contribution in [0.25, 0.3) is 0 Å². The quantitative estimate of drug-likeness (QED) is 0.848. The fourth-order valence-electron chi connectivity index (χ4n) is 3.47. The standard InChI is InChI=1S/C19H25N3O2/c1-14-10-15(2)22(20-14)13-17-7-5-9-21(17)19(23)12-16-6-4-8-18(11-16)24-3/h4,6,8,10-11,17H,5,7,9,12-13H2,1-3H3/t17-/m1/s1. The van der Waals surface area contributed by atoms with Gasteiger partial charge in [-0.25, -0.2) is 0 Å². The van der Waals surface area contributed by atoms with Crippen molar-refractivity contribution in [3.8, 4) is 5.75 Å². The molecule has 0 radical (unpaired) electrons. The number of carbonyl (C=O) groups is 1. The number of amides is 1. The van der Waals surface area contributed by atoms with E-state index in [4.69, 9.17) is 4.74 Å². The van der Waals surface area contributed by atoms with E-state index in [9.17, 15) is 4.79 Å². The van der Waals surface area contributed by atoms with Crippen molar-refractivity contribution in [3.63, 3.8) is 0 Å². The van der Waals surface area contributed by atoms with E-state index in [1.54, 1.807) is 7.11 Å². The molecule has 1 aliphatic heterocycles. The molecule has 1 amide bonds. The van der Waals surface area contributed by atoms with Crippen LogP contribution in [0.2, 0.25) is 0 Å². The molecule has 2 heterocycles. The highest BCUT2D eigenvalue weighted by molar-refractivity contribution is 5.79. The van der Waals surface area contributed by atoms with Crippen LogP contribution in [0.5, 0.6) is 5.75 Å². The molecule has 1 aliphatic rings. The summed E-state index contributed by atoms with van der Waals surface area (Å²) in [4.78, 5) is 14.8. The van der Waals surface area contributed by atoms with E-state index < -0.39 is 0 Å². The van der Waals surface area contributed by atoms with Crippen LogP contribution in [-0.2, 0) is 17.8 Å². The Morgan fingerprint density at radius 2 is 2.17 bits per heavy atom.